The third-order valence-electron chi connectivity index (χ3n) is 3.82. The van der Waals surface area contributed by atoms with Crippen molar-refractivity contribution in [2.45, 2.75) is 25.8 Å². The summed E-state index contributed by atoms with van der Waals surface area (Å²) < 4.78 is 5.45. The van der Waals surface area contributed by atoms with Gasteiger partial charge in [0.15, 0.2) is 0 Å². The molecular weight excluding hydrogens is 270 g/mol. The van der Waals surface area contributed by atoms with E-state index in [9.17, 15) is 0 Å². The molecule has 3 heteroatoms. The van der Waals surface area contributed by atoms with Crippen molar-refractivity contribution < 1.29 is 4.74 Å². The normalized spacial score (nSPS) is 16.9. The molecule has 2 nitrogen and oxygen atoms in total. The second-order valence-electron chi connectivity index (χ2n) is 5.37. The van der Waals surface area contributed by atoms with Gasteiger partial charge in [-0.25, -0.2) is 0 Å². The molecule has 0 aromatic heterocycles. The van der Waals surface area contributed by atoms with Crippen LogP contribution in [0.25, 0.3) is 0 Å². The number of benzene rings is 2. The first-order valence-electron chi connectivity index (χ1n) is 6.84. The van der Waals surface area contributed by atoms with Gasteiger partial charge < -0.3 is 10.1 Å². The molecule has 1 aliphatic carbocycles. The molecule has 2 aromatic carbocycles. The van der Waals surface area contributed by atoms with Crippen molar-refractivity contribution in [3.63, 3.8) is 0 Å². The summed E-state index contributed by atoms with van der Waals surface area (Å²) in [5.41, 5.74) is 5.00. The zero-order chi connectivity index (χ0) is 14.1. The van der Waals surface area contributed by atoms with Gasteiger partial charge in [0.25, 0.3) is 0 Å². The number of anilines is 1. The molecule has 0 spiro atoms. The van der Waals surface area contributed by atoms with Crippen molar-refractivity contribution in [3.8, 4) is 5.75 Å². The average molecular weight is 288 g/mol. The molecule has 0 radical (unpaired) electrons. The number of ether oxygens (including phenoxy) is 1. The topological polar surface area (TPSA) is 21.3 Å². The molecule has 1 atom stereocenters. The Hall–Kier alpha value is -1.67. The first-order valence-corrected chi connectivity index (χ1v) is 7.22. The van der Waals surface area contributed by atoms with Crippen LogP contribution in [-0.2, 0) is 12.8 Å². The number of hydrogen-bond acceptors (Lipinski definition) is 2. The van der Waals surface area contributed by atoms with Gasteiger partial charge in [-0.05, 0) is 60.7 Å². The Morgan fingerprint density at radius 2 is 1.90 bits per heavy atom. The smallest absolute Gasteiger partial charge is 0.142 e. The zero-order valence-electron chi connectivity index (χ0n) is 11.7. The van der Waals surface area contributed by atoms with Crippen LogP contribution in [0.5, 0.6) is 5.75 Å². The maximum atomic E-state index is 6.06. The summed E-state index contributed by atoms with van der Waals surface area (Å²) >= 11 is 6.06. The lowest BCUT2D eigenvalue weighted by Crippen LogP contribution is -2.19. The summed E-state index contributed by atoms with van der Waals surface area (Å²) in [6.45, 7) is 2.07. The van der Waals surface area contributed by atoms with E-state index in [0.29, 0.717) is 6.04 Å². The van der Waals surface area contributed by atoms with Gasteiger partial charge in [0.05, 0.1) is 12.8 Å². The van der Waals surface area contributed by atoms with Crippen molar-refractivity contribution in [3.05, 3.63) is 58.1 Å². The van der Waals surface area contributed by atoms with E-state index < -0.39 is 0 Å². The Labute approximate surface area is 124 Å². The fourth-order valence-electron chi connectivity index (χ4n) is 2.83. The van der Waals surface area contributed by atoms with Crippen LogP contribution < -0.4 is 10.1 Å². The molecule has 0 heterocycles. The van der Waals surface area contributed by atoms with Crippen LogP contribution in [0, 0.1) is 6.92 Å². The second-order valence-corrected chi connectivity index (χ2v) is 5.80. The Bertz CT molecular complexity index is 639. The van der Waals surface area contributed by atoms with E-state index >= 15 is 0 Å². The minimum atomic E-state index is 0.403. The van der Waals surface area contributed by atoms with Crippen molar-refractivity contribution in [1.82, 2.24) is 0 Å². The van der Waals surface area contributed by atoms with Crippen LogP contribution in [0.3, 0.4) is 0 Å². The lowest BCUT2D eigenvalue weighted by molar-refractivity contribution is 0.415. The quantitative estimate of drug-likeness (QED) is 0.912. The monoisotopic (exact) mass is 287 g/mol. The highest BCUT2D eigenvalue weighted by atomic mass is 35.5. The fourth-order valence-corrected chi connectivity index (χ4v) is 3.02. The zero-order valence-corrected chi connectivity index (χ0v) is 12.5. The van der Waals surface area contributed by atoms with Gasteiger partial charge in [-0.1, -0.05) is 23.7 Å². The Morgan fingerprint density at radius 1 is 1.10 bits per heavy atom. The van der Waals surface area contributed by atoms with Crippen LogP contribution in [0.2, 0.25) is 5.02 Å². The van der Waals surface area contributed by atoms with E-state index in [0.717, 1.165) is 29.3 Å². The van der Waals surface area contributed by atoms with E-state index in [4.69, 9.17) is 16.3 Å². The predicted octanol–water partition coefficient (Wildman–Crippen LogP) is 4.24. The minimum absolute atomic E-state index is 0.403. The summed E-state index contributed by atoms with van der Waals surface area (Å²) in [5, 5.41) is 4.40. The summed E-state index contributed by atoms with van der Waals surface area (Å²) in [4.78, 5) is 0. The molecule has 104 valence electrons. The maximum absolute atomic E-state index is 6.06. The molecule has 0 bridgehead atoms. The molecule has 0 amide bonds. The van der Waals surface area contributed by atoms with Crippen LogP contribution >= 0.6 is 11.6 Å². The number of aryl methyl sites for hydroxylation is 1. The first-order chi connectivity index (χ1) is 9.65. The molecule has 1 unspecified atom stereocenters. The van der Waals surface area contributed by atoms with E-state index in [2.05, 4.69) is 42.6 Å². The standard InChI is InChI=1S/C17H18ClNO/c1-11-3-6-16(17(7-11)20-2)19-15-9-12-4-5-14(18)8-13(12)10-15/h3-8,15,19H,9-10H2,1-2H3. The lowest BCUT2D eigenvalue weighted by atomic mass is 10.1. The highest BCUT2D eigenvalue weighted by molar-refractivity contribution is 6.30. The molecule has 20 heavy (non-hydrogen) atoms. The molecule has 0 saturated carbocycles. The minimum Gasteiger partial charge on any atom is -0.495 e. The van der Waals surface area contributed by atoms with Crippen LogP contribution in [0.4, 0.5) is 5.69 Å². The molecule has 1 aliphatic rings. The third-order valence-corrected chi connectivity index (χ3v) is 4.05. The lowest BCUT2D eigenvalue weighted by Gasteiger charge is -2.17. The van der Waals surface area contributed by atoms with Crippen LogP contribution in [-0.4, -0.2) is 13.2 Å². The fraction of sp³-hybridized carbons (Fsp3) is 0.294. The second kappa shape index (κ2) is 5.37. The molecule has 3 rings (SSSR count). The summed E-state index contributed by atoms with van der Waals surface area (Å²) in [6, 6.07) is 12.8. The number of halogens is 1. The number of rotatable bonds is 3. The van der Waals surface area contributed by atoms with E-state index in [1.807, 2.05) is 6.07 Å². The molecule has 0 saturated heterocycles. The molecule has 0 fully saturated rings. The SMILES string of the molecule is COc1cc(C)ccc1NC1Cc2ccc(Cl)cc2C1. The van der Waals surface area contributed by atoms with Gasteiger partial charge >= 0.3 is 0 Å². The number of nitrogens with one attached hydrogen (secondary N) is 1. The van der Waals surface area contributed by atoms with Crippen LogP contribution in [0.15, 0.2) is 36.4 Å². The molecule has 1 N–H and O–H groups in total. The number of fused-ring (bicyclic) bond motifs is 1. The first kappa shape index (κ1) is 13.3. The largest absolute Gasteiger partial charge is 0.495 e. The summed E-state index contributed by atoms with van der Waals surface area (Å²) in [5.74, 6) is 0.902. The molecule has 0 aliphatic heterocycles. The van der Waals surface area contributed by atoms with E-state index in [1.165, 1.54) is 16.7 Å². The van der Waals surface area contributed by atoms with Gasteiger partial charge in [-0.2, -0.15) is 0 Å². The molecule has 2 aromatic rings. The van der Waals surface area contributed by atoms with Gasteiger partial charge in [-0.3, -0.25) is 0 Å². The maximum Gasteiger partial charge on any atom is 0.142 e. The highest BCUT2D eigenvalue weighted by Gasteiger charge is 2.22. The Morgan fingerprint density at radius 3 is 2.70 bits per heavy atom. The molecular formula is C17H18ClNO. The summed E-state index contributed by atoms with van der Waals surface area (Å²) in [6.07, 6.45) is 2.04. The van der Waals surface area contributed by atoms with Gasteiger partial charge in [0.2, 0.25) is 0 Å². The Balaban J connectivity index is 1.78. The summed E-state index contributed by atoms with van der Waals surface area (Å²) in [7, 11) is 1.71. The highest BCUT2D eigenvalue weighted by Crippen LogP contribution is 2.31. The predicted molar refractivity (Wildman–Crippen MR) is 84.0 cm³/mol. The van der Waals surface area contributed by atoms with Gasteiger partial charge in [0.1, 0.15) is 5.75 Å². The average Bonchev–Trinajstić information content (AvgIpc) is 2.82. The van der Waals surface area contributed by atoms with Crippen LogP contribution in [0.1, 0.15) is 16.7 Å². The van der Waals surface area contributed by atoms with E-state index in [-0.39, 0.29) is 0 Å². The van der Waals surface area contributed by atoms with Crippen molar-refractivity contribution >= 4 is 17.3 Å². The number of methoxy groups -OCH3 is 1. The third kappa shape index (κ3) is 2.61. The van der Waals surface area contributed by atoms with Crippen molar-refractivity contribution in [1.29, 1.82) is 0 Å². The number of hydrogen-bond donors (Lipinski definition) is 1. The van der Waals surface area contributed by atoms with E-state index in [1.54, 1.807) is 7.11 Å². The van der Waals surface area contributed by atoms with Crippen molar-refractivity contribution in [2.75, 3.05) is 12.4 Å². The Kier molecular flexibility index (Phi) is 3.58. The van der Waals surface area contributed by atoms with Crippen molar-refractivity contribution in [2.24, 2.45) is 0 Å². The van der Waals surface area contributed by atoms with Gasteiger partial charge in [0, 0.05) is 11.1 Å². The van der Waals surface area contributed by atoms with Gasteiger partial charge in [-0.15, -0.1) is 0 Å².